The summed E-state index contributed by atoms with van der Waals surface area (Å²) in [4.78, 5) is 12.3. The molecule has 0 spiro atoms. The molecule has 5 fully saturated rings. The van der Waals surface area contributed by atoms with Gasteiger partial charge in [-0.25, -0.2) is 0 Å². The molecule has 5 rings (SSSR count). The van der Waals surface area contributed by atoms with Gasteiger partial charge < -0.3 is 40.3 Å². The van der Waals surface area contributed by atoms with Crippen LogP contribution in [0.2, 0.25) is 0 Å². The summed E-state index contributed by atoms with van der Waals surface area (Å²) < 4.78 is 42.5. The van der Waals surface area contributed by atoms with Gasteiger partial charge in [-0.2, -0.15) is 8.42 Å². The van der Waals surface area contributed by atoms with Crippen LogP contribution in [-0.4, -0.2) is 106 Å². The molecule has 0 aromatic rings. The van der Waals surface area contributed by atoms with Crippen molar-refractivity contribution in [3.05, 3.63) is 0 Å². The minimum atomic E-state index is -4.11. The summed E-state index contributed by atoms with van der Waals surface area (Å²) in [5, 5.41) is 54.7. The van der Waals surface area contributed by atoms with E-state index < -0.39 is 59.3 Å². The normalized spacial score (nSPS) is 47.3. The third-order valence-corrected chi connectivity index (χ3v) is 13.8. The Kier molecular flexibility index (Phi) is 10.7. The minimum absolute atomic E-state index is 0.0459. The number of aliphatic hydroxyl groups excluding tert-OH is 5. The van der Waals surface area contributed by atoms with Gasteiger partial charge >= 0.3 is 0 Å². The molecule has 1 aliphatic heterocycles. The molecule has 1 amide bonds. The quantitative estimate of drug-likeness (QED) is 0.131. The van der Waals surface area contributed by atoms with Crippen molar-refractivity contribution in [3.8, 4) is 0 Å². The minimum Gasteiger partial charge on any atom is -0.394 e. The molecule has 4 saturated carbocycles. The molecule has 15 atom stereocenters. The van der Waals surface area contributed by atoms with Gasteiger partial charge in [0.05, 0.1) is 24.6 Å². The van der Waals surface area contributed by atoms with E-state index in [0.717, 1.165) is 38.5 Å². The number of ether oxygens (including phenoxy) is 2. The van der Waals surface area contributed by atoms with Crippen molar-refractivity contribution in [3.63, 3.8) is 0 Å². The van der Waals surface area contributed by atoms with E-state index in [1.165, 1.54) is 0 Å². The van der Waals surface area contributed by atoms with Gasteiger partial charge in [0.2, 0.25) is 5.91 Å². The van der Waals surface area contributed by atoms with Gasteiger partial charge in [0.1, 0.15) is 24.4 Å². The Hall–Kier alpha value is -0.900. The summed E-state index contributed by atoms with van der Waals surface area (Å²) in [7, 11) is -4.11. The highest BCUT2D eigenvalue weighted by Crippen LogP contribution is 2.68. The molecule has 0 radical (unpaired) electrons. The number of hydrogen-bond donors (Lipinski definition) is 7. The highest BCUT2D eigenvalue weighted by molar-refractivity contribution is 7.85. The molecule has 1 heterocycles. The SMILES string of the molecule is C[C@H](CCC(=O)NCCS(=O)(=O)O)[C@H]1CC[C@H]2[C@@H]3[C@@H](O)C[C@@H]4C[C@H](O[C@@H]5O[C@H](CO)[C@@H](O)[C@H](O)[C@H]5O)CC[C@]4(C)[C@H]3CC[C@]12C. The molecule has 0 aromatic heterocycles. The van der Waals surface area contributed by atoms with Gasteiger partial charge in [-0.15, -0.1) is 0 Å². The van der Waals surface area contributed by atoms with Gasteiger partial charge in [0.15, 0.2) is 6.29 Å². The molecule has 5 aliphatic rings. The zero-order valence-electron chi connectivity index (χ0n) is 26.8. The van der Waals surface area contributed by atoms with Crippen molar-refractivity contribution in [2.75, 3.05) is 18.9 Å². The maximum atomic E-state index is 12.3. The maximum absolute atomic E-state index is 12.3. The largest absolute Gasteiger partial charge is 0.394 e. The molecule has 0 bridgehead atoms. The Morgan fingerprint density at radius 1 is 0.978 bits per heavy atom. The second-order valence-electron chi connectivity index (χ2n) is 15.4. The van der Waals surface area contributed by atoms with E-state index in [4.69, 9.17) is 14.0 Å². The van der Waals surface area contributed by atoms with Gasteiger partial charge in [-0.1, -0.05) is 20.8 Å². The Labute approximate surface area is 267 Å². The number of nitrogens with one attached hydrogen (secondary N) is 1. The van der Waals surface area contributed by atoms with E-state index in [2.05, 4.69) is 26.1 Å². The van der Waals surface area contributed by atoms with Crippen LogP contribution < -0.4 is 5.32 Å². The molecule has 45 heavy (non-hydrogen) atoms. The van der Waals surface area contributed by atoms with Crippen LogP contribution in [0.3, 0.4) is 0 Å². The Morgan fingerprint density at radius 3 is 2.36 bits per heavy atom. The lowest BCUT2D eigenvalue weighted by Gasteiger charge is -2.62. The fraction of sp³-hybridized carbons (Fsp3) is 0.969. The maximum Gasteiger partial charge on any atom is 0.266 e. The lowest BCUT2D eigenvalue weighted by Crippen LogP contribution is -2.61. The number of fused-ring (bicyclic) bond motifs is 5. The van der Waals surface area contributed by atoms with Crippen LogP contribution >= 0.6 is 0 Å². The molecule has 0 aromatic carbocycles. The summed E-state index contributed by atoms with van der Waals surface area (Å²) in [6.07, 6.45) is 1.20. The second-order valence-corrected chi connectivity index (χ2v) is 17.0. The predicted octanol–water partition coefficient (Wildman–Crippen LogP) is 1.22. The van der Waals surface area contributed by atoms with Crippen LogP contribution in [0.1, 0.15) is 85.0 Å². The Bertz CT molecular complexity index is 1150. The zero-order chi connectivity index (χ0) is 32.9. The first kappa shape index (κ1) is 35.4. The number of rotatable bonds is 10. The lowest BCUT2D eigenvalue weighted by atomic mass is 9.43. The first-order valence-corrected chi connectivity index (χ1v) is 18.6. The van der Waals surface area contributed by atoms with Gasteiger partial charge in [0.25, 0.3) is 10.1 Å². The van der Waals surface area contributed by atoms with E-state index in [1.54, 1.807) is 0 Å². The molecule has 260 valence electrons. The molecule has 1 saturated heterocycles. The van der Waals surface area contributed by atoms with Crippen molar-refractivity contribution < 1.29 is 52.8 Å². The van der Waals surface area contributed by atoms with Gasteiger partial charge in [-0.3, -0.25) is 9.35 Å². The average Bonchev–Trinajstić information content (AvgIpc) is 3.33. The van der Waals surface area contributed by atoms with Crippen molar-refractivity contribution in [2.45, 2.75) is 128 Å². The number of carbonyl (C=O) groups excluding carboxylic acids is 1. The molecule has 0 unspecified atom stereocenters. The average molecular weight is 662 g/mol. The third kappa shape index (κ3) is 6.98. The molecule has 13 heteroatoms. The van der Waals surface area contributed by atoms with E-state index in [0.29, 0.717) is 49.4 Å². The van der Waals surface area contributed by atoms with E-state index >= 15 is 0 Å². The first-order chi connectivity index (χ1) is 21.1. The zero-order valence-corrected chi connectivity index (χ0v) is 27.6. The predicted molar refractivity (Wildman–Crippen MR) is 163 cm³/mol. The van der Waals surface area contributed by atoms with Gasteiger partial charge in [0, 0.05) is 13.0 Å². The number of hydrogen-bond acceptors (Lipinski definition) is 10. The molecule has 4 aliphatic carbocycles. The summed E-state index contributed by atoms with van der Waals surface area (Å²) >= 11 is 0. The topological polar surface area (TPSA) is 203 Å². The lowest BCUT2D eigenvalue weighted by molar-refractivity contribution is -0.317. The van der Waals surface area contributed by atoms with Crippen molar-refractivity contribution in [2.24, 2.45) is 46.3 Å². The Morgan fingerprint density at radius 2 is 1.67 bits per heavy atom. The van der Waals surface area contributed by atoms with Crippen LogP contribution in [0.25, 0.3) is 0 Å². The summed E-state index contributed by atoms with van der Waals surface area (Å²) in [6, 6.07) is 0. The van der Waals surface area contributed by atoms with E-state index in [1.807, 2.05) is 0 Å². The number of aliphatic hydroxyl groups is 5. The number of carbonyl (C=O) groups is 1. The van der Waals surface area contributed by atoms with E-state index in [-0.39, 0.29) is 41.2 Å². The monoisotopic (exact) mass is 661 g/mol. The van der Waals surface area contributed by atoms with Crippen molar-refractivity contribution >= 4 is 16.0 Å². The fourth-order valence-corrected chi connectivity index (χ4v) is 11.0. The van der Waals surface area contributed by atoms with E-state index in [9.17, 15) is 38.7 Å². The van der Waals surface area contributed by atoms with Crippen molar-refractivity contribution in [1.29, 1.82) is 0 Å². The fourth-order valence-electron chi connectivity index (χ4n) is 10.6. The van der Waals surface area contributed by atoms with Crippen LogP contribution in [0, 0.1) is 46.3 Å². The first-order valence-electron chi connectivity index (χ1n) is 16.9. The smallest absolute Gasteiger partial charge is 0.266 e. The number of amides is 1. The second kappa shape index (κ2) is 13.5. The highest BCUT2D eigenvalue weighted by Gasteiger charge is 2.63. The summed E-state index contributed by atoms with van der Waals surface area (Å²) in [6.45, 7) is 6.38. The molecule has 7 N–H and O–H groups in total. The van der Waals surface area contributed by atoms with Crippen LogP contribution in [0.5, 0.6) is 0 Å². The van der Waals surface area contributed by atoms with Crippen LogP contribution in [-0.2, 0) is 24.4 Å². The molecular formula is C32H55NO11S. The molecule has 12 nitrogen and oxygen atoms in total. The highest BCUT2D eigenvalue weighted by atomic mass is 32.2. The van der Waals surface area contributed by atoms with Crippen molar-refractivity contribution in [1.82, 2.24) is 5.32 Å². The molecular weight excluding hydrogens is 606 g/mol. The van der Waals surface area contributed by atoms with Crippen LogP contribution in [0.4, 0.5) is 0 Å². The third-order valence-electron chi connectivity index (χ3n) is 13.1. The standard InChI is InChI=1S/C32H55NO11S/c1-17(4-7-25(36)33-12-13-45(40,41)42)20-5-6-21-26-22(9-11-32(20,21)3)31(2)10-8-19(14-18(31)15-23(26)35)43-30-29(39)28(38)27(37)24(16-34)44-30/h17-24,26-30,34-35,37-39H,4-16H2,1-3H3,(H,33,36)(H,40,41,42)/t17-,18+,19-,20-,21+,22+,23+,24-,26+,27-,28+,29-,30-,31+,32-/m1/s1. The van der Waals surface area contributed by atoms with Crippen LogP contribution in [0.15, 0.2) is 0 Å². The summed E-state index contributed by atoms with van der Waals surface area (Å²) in [5.74, 6) is 1.29. The summed E-state index contributed by atoms with van der Waals surface area (Å²) in [5.41, 5.74) is 0.125. The Balaban J connectivity index is 1.19. The van der Waals surface area contributed by atoms with Gasteiger partial charge in [-0.05, 0) is 104 Å².